The van der Waals surface area contributed by atoms with Crippen molar-refractivity contribution < 1.29 is 14.6 Å². The average Bonchev–Trinajstić information content (AvgIpc) is 2.72. The van der Waals surface area contributed by atoms with Gasteiger partial charge in [0.25, 0.3) is 0 Å². The third-order valence-corrected chi connectivity index (χ3v) is 4.80. The minimum Gasteiger partial charge on any atom is -0.493 e. The van der Waals surface area contributed by atoms with Crippen LogP contribution in [0.4, 0.5) is 0 Å². The first-order valence-electron chi connectivity index (χ1n) is 9.22. The first-order chi connectivity index (χ1) is 12.8. The lowest BCUT2D eigenvalue weighted by Crippen LogP contribution is -2.45. The molecule has 0 amide bonds. The standard InChI is InChI=1S/C21H28N2O3.ClH/c1-25-21-15-18(19(9-14-24)23-12-10-22-11-13-23)7-8-20(21)26-16-17-5-3-2-4-6-17;/h2-8,15,19,22,24H,9-14,16H2,1H3;1H/t19-;/m1./s1. The van der Waals surface area contributed by atoms with Crippen molar-refractivity contribution in [1.82, 2.24) is 10.2 Å². The van der Waals surface area contributed by atoms with E-state index in [9.17, 15) is 5.11 Å². The zero-order chi connectivity index (χ0) is 18.2. The van der Waals surface area contributed by atoms with E-state index < -0.39 is 0 Å². The molecular weight excluding hydrogens is 364 g/mol. The zero-order valence-electron chi connectivity index (χ0n) is 15.8. The number of aliphatic hydroxyl groups is 1. The molecule has 5 nitrogen and oxygen atoms in total. The lowest BCUT2D eigenvalue weighted by molar-refractivity contribution is 0.141. The highest BCUT2D eigenvalue weighted by atomic mass is 35.5. The smallest absolute Gasteiger partial charge is 0.161 e. The Morgan fingerprint density at radius 3 is 2.48 bits per heavy atom. The van der Waals surface area contributed by atoms with Crippen LogP contribution in [0.25, 0.3) is 0 Å². The summed E-state index contributed by atoms with van der Waals surface area (Å²) in [6.45, 7) is 4.62. The molecule has 6 heteroatoms. The summed E-state index contributed by atoms with van der Waals surface area (Å²) in [6, 6.07) is 16.4. The molecule has 0 spiro atoms. The summed E-state index contributed by atoms with van der Waals surface area (Å²) in [5.41, 5.74) is 2.28. The molecule has 1 fully saturated rings. The number of nitrogens with zero attached hydrogens (tertiary/aromatic N) is 1. The largest absolute Gasteiger partial charge is 0.493 e. The van der Waals surface area contributed by atoms with Gasteiger partial charge in [-0.25, -0.2) is 0 Å². The third kappa shape index (κ3) is 5.84. The fraction of sp³-hybridized carbons (Fsp3) is 0.429. The van der Waals surface area contributed by atoms with Crippen LogP contribution < -0.4 is 14.8 Å². The maximum absolute atomic E-state index is 9.52. The predicted molar refractivity (Wildman–Crippen MR) is 110 cm³/mol. The Balaban J connectivity index is 0.00000261. The van der Waals surface area contributed by atoms with Gasteiger partial charge in [0.2, 0.25) is 0 Å². The number of hydrogen-bond donors (Lipinski definition) is 2. The molecule has 27 heavy (non-hydrogen) atoms. The minimum absolute atomic E-state index is 0. The topological polar surface area (TPSA) is 54.0 Å². The van der Waals surface area contributed by atoms with E-state index in [2.05, 4.69) is 16.3 Å². The van der Waals surface area contributed by atoms with E-state index in [1.165, 1.54) is 0 Å². The highest BCUT2D eigenvalue weighted by Gasteiger charge is 2.23. The molecule has 0 radical (unpaired) electrons. The number of rotatable bonds is 8. The van der Waals surface area contributed by atoms with Gasteiger partial charge in [0.15, 0.2) is 11.5 Å². The van der Waals surface area contributed by atoms with E-state index in [4.69, 9.17) is 9.47 Å². The number of piperazine rings is 1. The normalized spacial score (nSPS) is 15.6. The van der Waals surface area contributed by atoms with E-state index in [0.29, 0.717) is 13.0 Å². The van der Waals surface area contributed by atoms with Gasteiger partial charge < -0.3 is 19.9 Å². The van der Waals surface area contributed by atoms with E-state index >= 15 is 0 Å². The van der Waals surface area contributed by atoms with Crippen LogP contribution in [-0.4, -0.2) is 49.9 Å². The van der Waals surface area contributed by atoms with Crippen molar-refractivity contribution in [1.29, 1.82) is 0 Å². The summed E-state index contributed by atoms with van der Waals surface area (Å²) in [7, 11) is 1.67. The molecule has 0 saturated carbocycles. The summed E-state index contributed by atoms with van der Waals surface area (Å²) in [5.74, 6) is 1.47. The molecule has 1 aliphatic rings. The Morgan fingerprint density at radius 2 is 1.81 bits per heavy atom. The second kappa shape index (κ2) is 11.1. The van der Waals surface area contributed by atoms with Gasteiger partial charge in [-0.15, -0.1) is 12.4 Å². The molecule has 3 rings (SSSR count). The molecule has 0 unspecified atom stereocenters. The van der Waals surface area contributed by atoms with Gasteiger partial charge in [0.05, 0.1) is 7.11 Å². The van der Waals surface area contributed by atoms with Crippen LogP contribution in [0.15, 0.2) is 48.5 Å². The second-order valence-corrected chi connectivity index (χ2v) is 6.50. The molecule has 2 N–H and O–H groups in total. The van der Waals surface area contributed by atoms with Gasteiger partial charge in [0, 0.05) is 38.8 Å². The van der Waals surface area contributed by atoms with Gasteiger partial charge >= 0.3 is 0 Å². The van der Waals surface area contributed by atoms with E-state index in [1.807, 2.05) is 42.5 Å². The summed E-state index contributed by atoms with van der Waals surface area (Å²) in [6.07, 6.45) is 0.716. The number of halogens is 1. The van der Waals surface area contributed by atoms with Crippen LogP contribution in [0.2, 0.25) is 0 Å². The van der Waals surface area contributed by atoms with Gasteiger partial charge in [-0.2, -0.15) is 0 Å². The Bertz CT molecular complexity index is 678. The SMILES string of the molecule is COc1cc([C@@H](CCO)N2CCNCC2)ccc1OCc1ccccc1.Cl. The maximum atomic E-state index is 9.52. The lowest BCUT2D eigenvalue weighted by Gasteiger charge is -2.35. The van der Waals surface area contributed by atoms with Crippen molar-refractivity contribution >= 4 is 12.4 Å². The number of hydrogen-bond acceptors (Lipinski definition) is 5. The monoisotopic (exact) mass is 392 g/mol. The molecule has 0 aliphatic carbocycles. The Labute approximate surface area is 167 Å². The molecular formula is C21H29ClN2O3. The van der Waals surface area contributed by atoms with E-state index in [-0.39, 0.29) is 25.1 Å². The van der Waals surface area contributed by atoms with Crippen LogP contribution >= 0.6 is 12.4 Å². The van der Waals surface area contributed by atoms with Crippen LogP contribution in [0.1, 0.15) is 23.6 Å². The molecule has 0 bridgehead atoms. The molecule has 1 atom stereocenters. The van der Waals surface area contributed by atoms with Crippen molar-refractivity contribution in [3.8, 4) is 11.5 Å². The second-order valence-electron chi connectivity index (χ2n) is 6.50. The van der Waals surface area contributed by atoms with Crippen LogP contribution in [0, 0.1) is 0 Å². The maximum Gasteiger partial charge on any atom is 0.161 e. The average molecular weight is 393 g/mol. The van der Waals surface area contributed by atoms with Gasteiger partial charge in [-0.1, -0.05) is 36.4 Å². The van der Waals surface area contributed by atoms with Gasteiger partial charge in [0.1, 0.15) is 6.61 Å². The van der Waals surface area contributed by atoms with Crippen LogP contribution in [0.5, 0.6) is 11.5 Å². The number of nitrogens with one attached hydrogen (secondary N) is 1. The molecule has 2 aromatic carbocycles. The van der Waals surface area contributed by atoms with Crippen LogP contribution in [0.3, 0.4) is 0 Å². The Hall–Kier alpha value is -1.79. The number of ether oxygens (including phenoxy) is 2. The molecule has 148 valence electrons. The first-order valence-corrected chi connectivity index (χ1v) is 9.22. The fourth-order valence-corrected chi connectivity index (χ4v) is 3.42. The third-order valence-electron chi connectivity index (χ3n) is 4.80. The van der Waals surface area contributed by atoms with Crippen molar-refractivity contribution in [3.05, 3.63) is 59.7 Å². The molecule has 1 heterocycles. The first kappa shape index (κ1) is 21.5. The van der Waals surface area contributed by atoms with Gasteiger partial charge in [-0.05, 0) is 29.7 Å². The Kier molecular flexibility index (Phi) is 8.88. The van der Waals surface area contributed by atoms with E-state index in [1.54, 1.807) is 7.11 Å². The van der Waals surface area contributed by atoms with Crippen molar-refractivity contribution in [2.75, 3.05) is 39.9 Å². The number of aliphatic hydroxyl groups excluding tert-OH is 1. The molecule has 0 aromatic heterocycles. The zero-order valence-corrected chi connectivity index (χ0v) is 16.6. The highest BCUT2D eigenvalue weighted by Crippen LogP contribution is 2.34. The summed E-state index contributed by atoms with van der Waals surface area (Å²) >= 11 is 0. The highest BCUT2D eigenvalue weighted by molar-refractivity contribution is 5.85. The lowest BCUT2D eigenvalue weighted by atomic mass is 10.0. The summed E-state index contributed by atoms with van der Waals surface area (Å²) in [4.78, 5) is 2.42. The molecule has 1 saturated heterocycles. The minimum atomic E-state index is 0. The van der Waals surface area contributed by atoms with Crippen LogP contribution in [-0.2, 0) is 6.61 Å². The summed E-state index contributed by atoms with van der Waals surface area (Å²) < 4.78 is 11.5. The molecule has 1 aliphatic heterocycles. The fourth-order valence-electron chi connectivity index (χ4n) is 3.42. The van der Waals surface area contributed by atoms with E-state index in [0.717, 1.165) is 48.8 Å². The Morgan fingerprint density at radius 1 is 1.07 bits per heavy atom. The van der Waals surface area contributed by atoms with Crippen molar-refractivity contribution in [2.45, 2.75) is 19.1 Å². The van der Waals surface area contributed by atoms with Crippen molar-refractivity contribution in [2.24, 2.45) is 0 Å². The number of methoxy groups -OCH3 is 1. The predicted octanol–water partition coefficient (Wildman–Crippen LogP) is 3.02. The van der Waals surface area contributed by atoms with Crippen molar-refractivity contribution in [3.63, 3.8) is 0 Å². The number of benzene rings is 2. The molecule has 2 aromatic rings. The summed E-state index contributed by atoms with van der Waals surface area (Å²) in [5, 5.41) is 12.9. The van der Waals surface area contributed by atoms with Gasteiger partial charge in [-0.3, -0.25) is 4.90 Å². The quantitative estimate of drug-likeness (QED) is 0.723.